The molecule has 0 aliphatic rings. The maximum Gasteiger partial charge on any atom is 0.304 e. The topological polar surface area (TPSA) is 81.1 Å². The Hall–Kier alpha value is -1.52. The Morgan fingerprint density at radius 3 is 2.85 bits per heavy atom. The zero-order chi connectivity index (χ0) is 10.0. The number of carboxylic acids is 1. The van der Waals surface area contributed by atoms with Crippen molar-refractivity contribution in [3.63, 3.8) is 0 Å². The summed E-state index contributed by atoms with van der Waals surface area (Å²) in [6.07, 6.45) is 1.61. The van der Waals surface area contributed by atoms with Crippen molar-refractivity contribution in [1.29, 1.82) is 0 Å². The molecule has 1 atom stereocenters. The number of carboxylic acid groups (broad SMARTS) is 1. The predicted octanol–water partition coefficient (Wildman–Crippen LogP) is 0.580. The largest absolute Gasteiger partial charge is 0.481 e. The first-order valence-corrected chi connectivity index (χ1v) is 4.01. The summed E-state index contributed by atoms with van der Waals surface area (Å²) in [4.78, 5) is 10.5. The van der Waals surface area contributed by atoms with E-state index in [1.54, 1.807) is 11.7 Å². The van der Waals surface area contributed by atoms with Crippen molar-refractivity contribution >= 4 is 11.7 Å². The molecule has 0 aromatic carbocycles. The summed E-state index contributed by atoms with van der Waals surface area (Å²) in [5, 5.41) is 12.5. The Bertz CT molecular complexity index is 300. The molecule has 0 amide bonds. The van der Waals surface area contributed by atoms with Gasteiger partial charge < -0.3 is 10.8 Å². The molecular formula is C8H13N3O2. The molecule has 5 nitrogen and oxygen atoms in total. The summed E-state index contributed by atoms with van der Waals surface area (Å²) in [7, 11) is 1.75. The normalized spacial score (nSPS) is 12.8. The molecule has 3 N–H and O–H groups in total. The number of carbonyl (C=O) groups is 1. The number of rotatable bonds is 3. The van der Waals surface area contributed by atoms with Crippen LogP contribution in [-0.2, 0) is 11.8 Å². The Kier molecular flexibility index (Phi) is 2.55. The Labute approximate surface area is 76.2 Å². The summed E-state index contributed by atoms with van der Waals surface area (Å²) >= 11 is 0. The SMILES string of the molecule is CC(CC(=O)O)c1c(N)cnn1C. The molecule has 1 rings (SSSR count). The van der Waals surface area contributed by atoms with Crippen molar-refractivity contribution in [2.75, 3.05) is 5.73 Å². The van der Waals surface area contributed by atoms with Crippen LogP contribution in [0.3, 0.4) is 0 Å². The van der Waals surface area contributed by atoms with Gasteiger partial charge in [-0.3, -0.25) is 9.48 Å². The van der Waals surface area contributed by atoms with Crippen molar-refractivity contribution < 1.29 is 9.90 Å². The lowest BCUT2D eigenvalue weighted by atomic mass is 10.0. The quantitative estimate of drug-likeness (QED) is 0.718. The average molecular weight is 183 g/mol. The predicted molar refractivity (Wildman–Crippen MR) is 48.3 cm³/mol. The van der Waals surface area contributed by atoms with Gasteiger partial charge in [0.15, 0.2) is 0 Å². The fourth-order valence-corrected chi connectivity index (χ4v) is 1.43. The van der Waals surface area contributed by atoms with Gasteiger partial charge in [-0.1, -0.05) is 6.92 Å². The zero-order valence-corrected chi connectivity index (χ0v) is 7.69. The molecule has 5 heteroatoms. The van der Waals surface area contributed by atoms with Crippen molar-refractivity contribution in [2.45, 2.75) is 19.3 Å². The third-order valence-corrected chi connectivity index (χ3v) is 1.96. The van der Waals surface area contributed by atoms with Gasteiger partial charge in [0.2, 0.25) is 0 Å². The highest BCUT2D eigenvalue weighted by Crippen LogP contribution is 2.23. The third-order valence-electron chi connectivity index (χ3n) is 1.96. The molecule has 0 saturated heterocycles. The van der Waals surface area contributed by atoms with Gasteiger partial charge in [0, 0.05) is 13.0 Å². The second-order valence-electron chi connectivity index (χ2n) is 3.11. The Morgan fingerprint density at radius 1 is 1.85 bits per heavy atom. The number of nitrogens with zero attached hydrogens (tertiary/aromatic N) is 2. The number of aliphatic carboxylic acids is 1. The van der Waals surface area contributed by atoms with Gasteiger partial charge in [0.05, 0.1) is 24.0 Å². The van der Waals surface area contributed by atoms with Gasteiger partial charge in [-0.05, 0) is 0 Å². The van der Waals surface area contributed by atoms with Crippen LogP contribution in [0, 0.1) is 0 Å². The van der Waals surface area contributed by atoms with E-state index in [2.05, 4.69) is 5.10 Å². The molecule has 0 saturated carbocycles. The third kappa shape index (κ3) is 1.99. The molecule has 13 heavy (non-hydrogen) atoms. The molecule has 0 aliphatic heterocycles. The summed E-state index contributed by atoms with van der Waals surface area (Å²) < 4.78 is 1.61. The number of anilines is 1. The van der Waals surface area contributed by atoms with Crippen molar-refractivity contribution in [2.24, 2.45) is 7.05 Å². The number of hydrogen-bond acceptors (Lipinski definition) is 3. The minimum atomic E-state index is -0.826. The first kappa shape index (κ1) is 9.57. The van der Waals surface area contributed by atoms with Crippen LogP contribution in [-0.4, -0.2) is 20.9 Å². The van der Waals surface area contributed by atoms with Crippen molar-refractivity contribution in [1.82, 2.24) is 9.78 Å². The van der Waals surface area contributed by atoms with E-state index in [-0.39, 0.29) is 12.3 Å². The molecular weight excluding hydrogens is 170 g/mol. The second kappa shape index (κ2) is 3.47. The molecule has 1 unspecified atom stereocenters. The smallest absolute Gasteiger partial charge is 0.304 e. The van der Waals surface area contributed by atoms with E-state index < -0.39 is 5.97 Å². The highest BCUT2D eigenvalue weighted by Gasteiger charge is 2.16. The van der Waals surface area contributed by atoms with E-state index in [4.69, 9.17) is 10.8 Å². The summed E-state index contributed by atoms with van der Waals surface area (Å²) in [6.45, 7) is 1.82. The summed E-state index contributed by atoms with van der Waals surface area (Å²) in [5.74, 6) is -0.932. The zero-order valence-electron chi connectivity index (χ0n) is 7.69. The summed E-state index contributed by atoms with van der Waals surface area (Å²) in [6, 6.07) is 0. The number of aromatic nitrogens is 2. The number of aryl methyl sites for hydroxylation is 1. The van der Waals surface area contributed by atoms with Crippen LogP contribution < -0.4 is 5.73 Å². The minimum absolute atomic E-state index is 0.0731. The second-order valence-corrected chi connectivity index (χ2v) is 3.11. The van der Waals surface area contributed by atoms with Crippen molar-refractivity contribution in [3.05, 3.63) is 11.9 Å². The van der Waals surface area contributed by atoms with E-state index in [1.165, 1.54) is 6.20 Å². The van der Waals surface area contributed by atoms with Gasteiger partial charge in [0.25, 0.3) is 0 Å². The van der Waals surface area contributed by atoms with E-state index >= 15 is 0 Å². The van der Waals surface area contributed by atoms with Gasteiger partial charge in [0.1, 0.15) is 0 Å². The van der Waals surface area contributed by atoms with E-state index in [0.717, 1.165) is 5.69 Å². The Balaban J connectivity index is 2.87. The van der Waals surface area contributed by atoms with Crippen LogP contribution >= 0.6 is 0 Å². The lowest BCUT2D eigenvalue weighted by Crippen LogP contribution is -2.09. The van der Waals surface area contributed by atoms with E-state index in [0.29, 0.717) is 5.69 Å². The van der Waals surface area contributed by atoms with Gasteiger partial charge in [-0.2, -0.15) is 5.10 Å². The number of nitrogen functional groups attached to an aromatic ring is 1. The molecule has 1 heterocycles. The maximum atomic E-state index is 10.5. The van der Waals surface area contributed by atoms with E-state index in [9.17, 15) is 4.79 Å². The highest BCUT2D eigenvalue weighted by atomic mass is 16.4. The molecule has 0 radical (unpaired) electrons. The van der Waals surface area contributed by atoms with Gasteiger partial charge in [-0.15, -0.1) is 0 Å². The monoisotopic (exact) mass is 183 g/mol. The van der Waals surface area contributed by atoms with Crippen LogP contribution in [0.2, 0.25) is 0 Å². The minimum Gasteiger partial charge on any atom is -0.481 e. The Morgan fingerprint density at radius 2 is 2.46 bits per heavy atom. The van der Waals surface area contributed by atoms with Gasteiger partial charge >= 0.3 is 5.97 Å². The fraction of sp³-hybridized carbons (Fsp3) is 0.500. The highest BCUT2D eigenvalue weighted by molar-refractivity contribution is 5.68. The fourth-order valence-electron chi connectivity index (χ4n) is 1.43. The molecule has 0 aliphatic carbocycles. The molecule has 1 aromatic rings. The number of hydrogen-bond donors (Lipinski definition) is 2. The van der Waals surface area contributed by atoms with Crippen molar-refractivity contribution in [3.8, 4) is 0 Å². The first-order chi connectivity index (χ1) is 6.02. The standard InChI is InChI=1S/C8H13N3O2/c1-5(3-7(12)13)8-6(9)4-10-11(8)2/h4-5H,3,9H2,1-2H3,(H,12,13). The summed E-state index contributed by atoms with van der Waals surface area (Å²) in [5.41, 5.74) is 6.97. The molecule has 1 aromatic heterocycles. The molecule has 0 spiro atoms. The molecule has 0 fully saturated rings. The van der Waals surface area contributed by atoms with Crippen LogP contribution in [0.1, 0.15) is 25.0 Å². The van der Waals surface area contributed by atoms with Gasteiger partial charge in [-0.25, -0.2) is 0 Å². The number of nitrogens with two attached hydrogens (primary N) is 1. The maximum absolute atomic E-state index is 10.5. The van der Waals surface area contributed by atoms with Crippen LogP contribution in [0.4, 0.5) is 5.69 Å². The molecule has 72 valence electrons. The van der Waals surface area contributed by atoms with Crippen LogP contribution in [0.5, 0.6) is 0 Å². The lowest BCUT2D eigenvalue weighted by molar-refractivity contribution is -0.137. The average Bonchev–Trinajstić information content (AvgIpc) is 2.29. The van der Waals surface area contributed by atoms with Crippen LogP contribution in [0.25, 0.3) is 0 Å². The first-order valence-electron chi connectivity index (χ1n) is 4.01. The molecule has 0 bridgehead atoms. The van der Waals surface area contributed by atoms with E-state index in [1.807, 2.05) is 6.92 Å². The van der Waals surface area contributed by atoms with Crippen LogP contribution in [0.15, 0.2) is 6.20 Å². The lowest BCUT2D eigenvalue weighted by Gasteiger charge is -2.09.